The van der Waals surface area contributed by atoms with Crippen molar-refractivity contribution < 1.29 is 0 Å². The smallest absolute Gasteiger partial charge is 0.0194 e. The Balaban J connectivity index is 0.912. The molecule has 0 aromatic heterocycles. The maximum atomic E-state index is 2.87. The van der Waals surface area contributed by atoms with Gasteiger partial charge in [0.15, 0.2) is 0 Å². The molecule has 24 unspecified atom stereocenters. The summed E-state index contributed by atoms with van der Waals surface area (Å²) in [5.74, 6) is 27.2. The highest BCUT2D eigenvalue weighted by Crippen LogP contribution is 2.87. The van der Waals surface area contributed by atoms with Crippen molar-refractivity contribution in [1.29, 1.82) is 0 Å². The molecular formula is C37H46. The van der Waals surface area contributed by atoms with Crippen molar-refractivity contribution in [2.24, 2.45) is 147 Å². The summed E-state index contributed by atoms with van der Waals surface area (Å²) in [4.78, 5) is 0. The molecule has 11 fully saturated rings. The van der Waals surface area contributed by atoms with E-state index in [1.54, 1.807) is 38.5 Å². The van der Waals surface area contributed by atoms with Gasteiger partial charge in [-0.3, -0.25) is 0 Å². The van der Waals surface area contributed by atoms with Crippen LogP contribution in [0.2, 0.25) is 0 Å². The topological polar surface area (TPSA) is 0 Å². The summed E-state index contributed by atoms with van der Waals surface area (Å²) in [6.07, 6.45) is 20.7. The van der Waals surface area contributed by atoms with E-state index in [-0.39, 0.29) is 0 Å². The first kappa shape index (κ1) is 19.5. The van der Waals surface area contributed by atoms with Crippen molar-refractivity contribution in [2.45, 2.75) is 52.4 Å². The Morgan fingerprint density at radius 3 is 1.03 bits per heavy atom. The summed E-state index contributed by atoms with van der Waals surface area (Å²) < 4.78 is 0. The quantitative estimate of drug-likeness (QED) is 0.245. The average Bonchev–Trinajstić information content (AvgIpc) is 3.76. The molecule has 13 aliphatic rings. The summed E-state index contributed by atoms with van der Waals surface area (Å²) in [6, 6.07) is 0. The molecule has 0 aliphatic heterocycles. The zero-order valence-electron chi connectivity index (χ0n) is 22.9. The van der Waals surface area contributed by atoms with Crippen LogP contribution in [0.4, 0.5) is 0 Å². The van der Waals surface area contributed by atoms with Gasteiger partial charge in [0.2, 0.25) is 0 Å². The van der Waals surface area contributed by atoms with Crippen LogP contribution in [0.3, 0.4) is 0 Å². The monoisotopic (exact) mass is 490 g/mol. The lowest BCUT2D eigenvalue weighted by atomic mass is 9.54. The van der Waals surface area contributed by atoms with E-state index in [1.165, 1.54) is 47.3 Å². The number of allylic oxidation sites excluding steroid dienone is 4. The molecule has 0 N–H and O–H groups in total. The van der Waals surface area contributed by atoms with Crippen LogP contribution in [0.1, 0.15) is 52.4 Å². The third-order valence-corrected chi connectivity index (χ3v) is 19.1. The Labute approximate surface area is 223 Å². The highest BCUT2D eigenvalue weighted by molar-refractivity contribution is 5.32. The van der Waals surface area contributed by atoms with E-state index in [9.17, 15) is 0 Å². The van der Waals surface area contributed by atoms with Crippen molar-refractivity contribution in [3.05, 3.63) is 24.3 Å². The van der Waals surface area contributed by atoms with Gasteiger partial charge in [-0.1, -0.05) is 38.2 Å². The highest BCUT2D eigenvalue weighted by Gasteiger charge is 2.82. The van der Waals surface area contributed by atoms with Gasteiger partial charge < -0.3 is 0 Å². The van der Waals surface area contributed by atoms with Gasteiger partial charge in [0, 0.05) is 0 Å². The first-order valence-corrected chi connectivity index (χ1v) is 17.5. The van der Waals surface area contributed by atoms with E-state index in [1.807, 2.05) is 0 Å². The van der Waals surface area contributed by atoms with Crippen LogP contribution in [0, 0.1) is 147 Å². The lowest BCUT2D eigenvalue weighted by Crippen LogP contribution is -2.47. The average molecular weight is 491 g/mol. The molecule has 194 valence electrons. The fourth-order valence-corrected chi connectivity index (χ4v) is 20.0. The molecule has 0 amide bonds. The van der Waals surface area contributed by atoms with Crippen LogP contribution in [0.5, 0.6) is 0 Å². The first-order valence-electron chi connectivity index (χ1n) is 17.5. The molecule has 0 aromatic carbocycles. The molecule has 0 saturated heterocycles. The fraction of sp³-hybridized carbons (Fsp3) is 0.892. The molecule has 0 radical (unpaired) electrons. The molecule has 0 spiro atoms. The Kier molecular flexibility index (Phi) is 2.91. The number of rotatable bonds is 0. The third kappa shape index (κ3) is 1.69. The summed E-state index contributed by atoms with van der Waals surface area (Å²) in [5.41, 5.74) is 0.649. The Hall–Kier alpha value is -0.520. The van der Waals surface area contributed by atoms with E-state index in [0.717, 1.165) is 94.7 Å². The highest BCUT2D eigenvalue weighted by atomic mass is 14.9. The lowest BCUT2D eigenvalue weighted by molar-refractivity contribution is -0.0296. The van der Waals surface area contributed by atoms with Crippen molar-refractivity contribution in [2.75, 3.05) is 0 Å². The number of fused-ring (bicyclic) bond motifs is 39. The Bertz CT molecular complexity index is 1130. The van der Waals surface area contributed by atoms with Crippen molar-refractivity contribution >= 4 is 0 Å². The summed E-state index contributed by atoms with van der Waals surface area (Å²) in [5, 5.41) is 0. The maximum absolute atomic E-state index is 2.87. The van der Waals surface area contributed by atoms with Gasteiger partial charge in [0.1, 0.15) is 0 Å². The predicted octanol–water partition coefficient (Wildman–Crippen LogP) is 7.43. The largest absolute Gasteiger partial charge is 0.0848 e. The molecule has 12 bridgehead atoms. The molecule has 13 aliphatic carbocycles. The molecule has 0 aromatic rings. The maximum Gasteiger partial charge on any atom is -0.0194 e. The van der Waals surface area contributed by atoms with Gasteiger partial charge in [0.05, 0.1) is 0 Å². The molecule has 0 heteroatoms. The summed E-state index contributed by atoms with van der Waals surface area (Å²) >= 11 is 0. The molecular weight excluding hydrogens is 444 g/mol. The van der Waals surface area contributed by atoms with Crippen LogP contribution < -0.4 is 0 Å². The van der Waals surface area contributed by atoms with E-state index < -0.39 is 0 Å². The number of hydrogen-bond donors (Lipinski definition) is 0. The van der Waals surface area contributed by atoms with Crippen LogP contribution in [-0.4, -0.2) is 0 Å². The van der Waals surface area contributed by atoms with E-state index in [2.05, 4.69) is 38.2 Å². The molecule has 24 atom stereocenters. The predicted molar refractivity (Wildman–Crippen MR) is 144 cm³/mol. The number of hydrogen-bond acceptors (Lipinski definition) is 0. The second-order valence-electron chi connectivity index (χ2n) is 18.8. The Morgan fingerprint density at radius 1 is 0.351 bits per heavy atom. The van der Waals surface area contributed by atoms with Crippen molar-refractivity contribution in [3.63, 3.8) is 0 Å². The second-order valence-corrected chi connectivity index (χ2v) is 18.8. The van der Waals surface area contributed by atoms with E-state index in [0.29, 0.717) is 5.41 Å². The standard InChI is InChI=1S/C37H46/c1-37(2)35-23-11-21(29-17-9-19(31(23)29)27-15-5-3-13(7-15)25(17)27)33(35)34-22-12-24(36(34)37)32-20-10-18(30(22)32)26-14-4-6-16(8-14)28(20)26/h3-6,13-36H,7-12H2,1-2H3. The summed E-state index contributed by atoms with van der Waals surface area (Å²) in [7, 11) is 0. The minimum absolute atomic E-state index is 0.649. The minimum atomic E-state index is 0.649. The van der Waals surface area contributed by atoms with Crippen molar-refractivity contribution in [1.82, 2.24) is 0 Å². The Morgan fingerprint density at radius 2 is 0.649 bits per heavy atom. The first-order chi connectivity index (χ1) is 18.1. The molecule has 11 saturated carbocycles. The zero-order valence-corrected chi connectivity index (χ0v) is 22.9. The van der Waals surface area contributed by atoms with Crippen LogP contribution >= 0.6 is 0 Å². The normalized spacial score (nSPS) is 78.4. The SMILES string of the molecule is CC1(C)C2C3CC(C4C5CC(C6C7C=CC(C7)C56)C34)C2C2C3CC(C4C5CC(C6C7C=CC(C7)C56)C34)C21. The van der Waals surface area contributed by atoms with Gasteiger partial charge in [-0.25, -0.2) is 0 Å². The van der Waals surface area contributed by atoms with Gasteiger partial charge in [0.25, 0.3) is 0 Å². The van der Waals surface area contributed by atoms with E-state index >= 15 is 0 Å². The van der Waals surface area contributed by atoms with Gasteiger partial charge in [-0.15, -0.1) is 0 Å². The fourth-order valence-electron chi connectivity index (χ4n) is 20.0. The van der Waals surface area contributed by atoms with Crippen molar-refractivity contribution in [3.8, 4) is 0 Å². The van der Waals surface area contributed by atoms with Crippen LogP contribution in [0.15, 0.2) is 24.3 Å². The van der Waals surface area contributed by atoms with Gasteiger partial charge in [-0.05, 0) is 186 Å². The molecule has 0 nitrogen and oxygen atoms in total. The zero-order chi connectivity index (χ0) is 23.4. The third-order valence-electron chi connectivity index (χ3n) is 19.1. The molecule has 13 rings (SSSR count). The van der Waals surface area contributed by atoms with Gasteiger partial charge in [-0.2, -0.15) is 0 Å². The second kappa shape index (κ2) is 5.51. The van der Waals surface area contributed by atoms with Gasteiger partial charge >= 0.3 is 0 Å². The molecule has 0 heterocycles. The van der Waals surface area contributed by atoms with Crippen LogP contribution in [0.25, 0.3) is 0 Å². The van der Waals surface area contributed by atoms with E-state index in [4.69, 9.17) is 0 Å². The summed E-state index contributed by atoms with van der Waals surface area (Å²) in [6.45, 7) is 5.74. The minimum Gasteiger partial charge on any atom is -0.0848 e. The molecule has 37 heavy (non-hydrogen) atoms. The lowest BCUT2D eigenvalue weighted by Gasteiger charge is -2.50. The van der Waals surface area contributed by atoms with Crippen LogP contribution in [-0.2, 0) is 0 Å².